The molecule has 5 nitrogen and oxygen atoms in total. The van der Waals surface area contributed by atoms with E-state index < -0.39 is 11.4 Å². The molecule has 9 heteroatoms. The molecule has 0 atom stereocenters. The van der Waals surface area contributed by atoms with Crippen LogP contribution in [0.2, 0.25) is 5.02 Å². The molecule has 0 amide bonds. The van der Waals surface area contributed by atoms with E-state index in [-0.39, 0.29) is 20.9 Å². The zero-order chi connectivity index (χ0) is 19.6. The molecule has 0 aliphatic carbocycles. The third kappa shape index (κ3) is 3.69. The fourth-order valence-corrected chi connectivity index (χ4v) is 4.23. The number of halogens is 2. The molecule has 1 aromatic carbocycles. The number of thiazole rings is 2. The topological polar surface area (TPSA) is 82.5 Å². The third-order valence-corrected chi connectivity index (χ3v) is 5.97. The van der Waals surface area contributed by atoms with Crippen molar-refractivity contribution in [1.82, 2.24) is 9.55 Å². The van der Waals surface area contributed by atoms with Gasteiger partial charge in [0.2, 0.25) is 0 Å². The van der Waals surface area contributed by atoms with Crippen molar-refractivity contribution in [3.05, 3.63) is 64.7 Å². The zero-order valence-corrected chi connectivity index (χ0v) is 16.3. The van der Waals surface area contributed by atoms with Crippen LogP contribution in [0.1, 0.15) is 17.6 Å². The molecule has 0 N–H and O–H groups in total. The molecule has 0 aliphatic rings. The van der Waals surface area contributed by atoms with Crippen molar-refractivity contribution in [3.8, 4) is 17.8 Å². The molecule has 0 radical (unpaired) electrons. The fraction of sp³-hybridized carbons (Fsp3) is 0.111. The molecule has 0 spiro atoms. The van der Waals surface area contributed by atoms with Gasteiger partial charge in [-0.15, -0.1) is 22.7 Å². The lowest BCUT2D eigenvalue weighted by molar-refractivity contribution is 0.627. The van der Waals surface area contributed by atoms with E-state index in [1.807, 2.05) is 12.3 Å². The maximum Gasteiger partial charge on any atom is 0.273 e. The molecule has 2 heterocycles. The highest BCUT2D eigenvalue weighted by molar-refractivity contribution is 7.09. The van der Waals surface area contributed by atoms with E-state index in [9.17, 15) is 19.7 Å². The van der Waals surface area contributed by atoms with E-state index in [1.54, 1.807) is 18.2 Å². The Balaban J connectivity index is 2.36. The van der Waals surface area contributed by atoms with E-state index in [2.05, 4.69) is 4.98 Å². The Labute approximate surface area is 166 Å². The number of rotatable bonds is 3. The van der Waals surface area contributed by atoms with Crippen molar-refractivity contribution in [2.45, 2.75) is 13.3 Å². The van der Waals surface area contributed by atoms with Crippen molar-refractivity contribution in [1.29, 1.82) is 10.5 Å². The summed E-state index contributed by atoms with van der Waals surface area (Å²) >= 11 is 8.32. The lowest BCUT2D eigenvalue weighted by Crippen LogP contribution is -2.30. The van der Waals surface area contributed by atoms with Crippen LogP contribution in [-0.2, 0) is 6.42 Å². The summed E-state index contributed by atoms with van der Waals surface area (Å²) in [7, 11) is 0. The first kappa shape index (κ1) is 19.0. The maximum absolute atomic E-state index is 13.5. The highest BCUT2D eigenvalue weighted by Gasteiger charge is 2.13. The molecule has 0 fully saturated rings. The van der Waals surface area contributed by atoms with Gasteiger partial charge in [-0.25, -0.2) is 9.37 Å². The van der Waals surface area contributed by atoms with Gasteiger partial charge in [0.1, 0.15) is 22.6 Å². The van der Waals surface area contributed by atoms with Gasteiger partial charge in [-0.05, 0) is 30.7 Å². The van der Waals surface area contributed by atoms with Crippen LogP contribution in [0.15, 0.2) is 28.4 Å². The summed E-state index contributed by atoms with van der Waals surface area (Å²) in [5, 5.41) is 21.1. The Morgan fingerprint density at radius 3 is 2.74 bits per heavy atom. The predicted molar refractivity (Wildman–Crippen MR) is 104 cm³/mol. The van der Waals surface area contributed by atoms with Crippen molar-refractivity contribution in [2.75, 3.05) is 0 Å². The normalized spacial score (nSPS) is 11.2. The minimum atomic E-state index is -0.628. The quantitative estimate of drug-likeness (QED) is 0.657. The molecule has 3 aromatic rings. The molecule has 27 heavy (non-hydrogen) atoms. The SMILES string of the molecule is CCc1nc(/C=c2/sc(=C(C#N)C#N)n(-c3ccc(F)c(Cl)c3)c2=O)cs1. The highest BCUT2D eigenvalue weighted by atomic mass is 35.5. The van der Waals surface area contributed by atoms with Crippen LogP contribution < -0.4 is 14.8 Å². The monoisotopic (exact) mass is 416 g/mol. The van der Waals surface area contributed by atoms with Crippen molar-refractivity contribution in [3.63, 3.8) is 0 Å². The number of hydrogen-bond donors (Lipinski definition) is 0. The summed E-state index contributed by atoms with van der Waals surface area (Å²) in [5.41, 5.74) is 0.241. The van der Waals surface area contributed by atoms with Gasteiger partial charge in [0, 0.05) is 5.38 Å². The summed E-state index contributed by atoms with van der Waals surface area (Å²) in [4.78, 5) is 17.4. The molecule has 2 aromatic heterocycles. The first-order valence-corrected chi connectivity index (χ1v) is 9.73. The van der Waals surface area contributed by atoms with Gasteiger partial charge in [0.25, 0.3) is 5.56 Å². The van der Waals surface area contributed by atoms with Gasteiger partial charge in [-0.3, -0.25) is 9.36 Å². The van der Waals surface area contributed by atoms with Gasteiger partial charge in [-0.1, -0.05) is 18.5 Å². The Bertz CT molecular complexity index is 1270. The predicted octanol–water partition coefficient (Wildman–Crippen LogP) is 2.74. The zero-order valence-electron chi connectivity index (χ0n) is 13.9. The van der Waals surface area contributed by atoms with Gasteiger partial charge < -0.3 is 0 Å². The Hall–Kier alpha value is -2.78. The lowest BCUT2D eigenvalue weighted by atomic mass is 10.3. The van der Waals surface area contributed by atoms with Crippen LogP contribution in [0, 0.1) is 28.5 Å². The number of nitriles is 2. The first-order chi connectivity index (χ1) is 13.0. The molecule has 0 bridgehead atoms. The van der Waals surface area contributed by atoms with Crippen molar-refractivity contribution >= 4 is 45.9 Å². The fourth-order valence-electron chi connectivity index (χ4n) is 2.32. The largest absolute Gasteiger partial charge is 0.273 e. The average molecular weight is 417 g/mol. The second-order valence-corrected chi connectivity index (χ2v) is 7.65. The van der Waals surface area contributed by atoms with Gasteiger partial charge in [0.15, 0.2) is 5.57 Å². The third-order valence-electron chi connectivity index (χ3n) is 3.57. The molecular weight excluding hydrogens is 407 g/mol. The summed E-state index contributed by atoms with van der Waals surface area (Å²) in [6.07, 6.45) is 2.40. The molecule has 0 saturated carbocycles. The number of hydrogen-bond acceptors (Lipinski definition) is 6. The minimum absolute atomic E-state index is 0.157. The van der Waals surface area contributed by atoms with Crippen molar-refractivity contribution in [2.24, 2.45) is 0 Å². The van der Waals surface area contributed by atoms with E-state index in [1.165, 1.54) is 28.0 Å². The Morgan fingerprint density at radius 1 is 1.41 bits per heavy atom. The van der Waals surface area contributed by atoms with Crippen LogP contribution >= 0.6 is 34.3 Å². The highest BCUT2D eigenvalue weighted by Crippen LogP contribution is 2.17. The summed E-state index contributed by atoms with van der Waals surface area (Å²) in [6, 6.07) is 7.36. The average Bonchev–Trinajstić information content (AvgIpc) is 3.24. The van der Waals surface area contributed by atoms with E-state index in [4.69, 9.17) is 11.6 Å². The number of benzene rings is 1. The van der Waals surface area contributed by atoms with Crippen LogP contribution in [0.3, 0.4) is 0 Å². The van der Waals surface area contributed by atoms with E-state index >= 15 is 0 Å². The number of aromatic nitrogens is 2. The second kappa shape index (κ2) is 7.85. The smallest absolute Gasteiger partial charge is 0.267 e. The number of aryl methyl sites for hydroxylation is 1. The molecule has 0 aliphatic heterocycles. The molecule has 0 unspecified atom stereocenters. The Kier molecular flexibility index (Phi) is 5.52. The van der Waals surface area contributed by atoms with E-state index in [0.29, 0.717) is 10.2 Å². The van der Waals surface area contributed by atoms with Crippen molar-refractivity contribution < 1.29 is 4.39 Å². The van der Waals surface area contributed by atoms with Gasteiger partial charge >= 0.3 is 0 Å². The van der Waals surface area contributed by atoms with Crippen LogP contribution in [0.4, 0.5) is 4.39 Å². The van der Waals surface area contributed by atoms with E-state index in [0.717, 1.165) is 28.8 Å². The number of nitrogens with zero attached hydrogens (tertiary/aromatic N) is 4. The van der Waals surface area contributed by atoms with Crippen LogP contribution in [0.25, 0.3) is 17.3 Å². The molecule has 134 valence electrons. The lowest BCUT2D eigenvalue weighted by Gasteiger charge is -2.03. The molecule has 0 saturated heterocycles. The van der Waals surface area contributed by atoms with Gasteiger partial charge in [0.05, 0.1) is 25.9 Å². The maximum atomic E-state index is 13.5. The summed E-state index contributed by atoms with van der Waals surface area (Å²) in [6.45, 7) is 1.98. The molecule has 3 rings (SSSR count). The summed E-state index contributed by atoms with van der Waals surface area (Å²) < 4.78 is 15.2. The standard InChI is InChI=1S/C18H10ClFN4OS2/c1-2-16-23-11(9-26-16)5-15-17(25)24(18(27-15)10(7-21)8-22)12-3-4-14(20)13(19)6-12/h3-6,9H,2H2,1H3/b15-5+. The summed E-state index contributed by atoms with van der Waals surface area (Å²) in [5.74, 6) is -0.628. The Morgan fingerprint density at radius 2 is 2.15 bits per heavy atom. The van der Waals surface area contributed by atoms with Crippen LogP contribution in [0.5, 0.6) is 0 Å². The molecular formula is C18H10ClFN4OS2. The second-order valence-electron chi connectivity index (χ2n) is 5.27. The minimum Gasteiger partial charge on any atom is -0.267 e. The van der Waals surface area contributed by atoms with Crippen LogP contribution in [-0.4, -0.2) is 9.55 Å². The van der Waals surface area contributed by atoms with Gasteiger partial charge in [-0.2, -0.15) is 10.5 Å². The first-order valence-electron chi connectivity index (χ1n) is 7.66.